The summed E-state index contributed by atoms with van der Waals surface area (Å²) < 4.78 is 16.1. The molecule has 2 heterocycles. The first kappa shape index (κ1) is 12.8. The maximum atomic E-state index is 11.2. The van der Waals surface area contributed by atoms with Gasteiger partial charge in [0.05, 0.1) is 5.69 Å². The smallest absolute Gasteiger partial charge is 0.262 e. The van der Waals surface area contributed by atoms with E-state index in [9.17, 15) is 4.79 Å². The fourth-order valence-corrected chi connectivity index (χ4v) is 2.44. The lowest BCUT2D eigenvalue weighted by Gasteiger charge is -2.19. The Morgan fingerprint density at radius 3 is 2.86 bits per heavy atom. The van der Waals surface area contributed by atoms with Gasteiger partial charge in [-0.15, -0.1) is 0 Å². The fraction of sp³-hybridized carbons (Fsp3) is 0.188. The summed E-state index contributed by atoms with van der Waals surface area (Å²) in [5, 5.41) is 6.09. The van der Waals surface area contributed by atoms with Crippen LogP contribution < -0.4 is 24.8 Å². The van der Waals surface area contributed by atoms with Crippen LogP contribution >= 0.6 is 0 Å². The predicted octanol–water partition coefficient (Wildman–Crippen LogP) is 2.36. The largest absolute Gasteiger partial charge is 0.482 e. The summed E-state index contributed by atoms with van der Waals surface area (Å²) in [6.07, 6.45) is 0. The van der Waals surface area contributed by atoms with Crippen LogP contribution in [0.4, 0.5) is 11.4 Å². The minimum atomic E-state index is -0.131. The zero-order chi connectivity index (χ0) is 14.9. The first-order valence-corrected chi connectivity index (χ1v) is 6.97. The molecule has 2 aliphatic heterocycles. The van der Waals surface area contributed by atoms with Crippen molar-refractivity contribution in [3.8, 4) is 17.2 Å². The molecule has 22 heavy (non-hydrogen) atoms. The topological polar surface area (TPSA) is 68.8 Å². The van der Waals surface area contributed by atoms with E-state index in [0.29, 0.717) is 18.0 Å². The molecule has 2 aromatic rings. The third-order valence-electron chi connectivity index (χ3n) is 3.55. The second kappa shape index (κ2) is 5.14. The van der Waals surface area contributed by atoms with Crippen molar-refractivity contribution in [3.63, 3.8) is 0 Å². The van der Waals surface area contributed by atoms with Gasteiger partial charge >= 0.3 is 0 Å². The fourth-order valence-electron chi connectivity index (χ4n) is 2.44. The van der Waals surface area contributed by atoms with Crippen molar-refractivity contribution in [1.29, 1.82) is 0 Å². The number of anilines is 2. The van der Waals surface area contributed by atoms with Crippen LogP contribution in [0.5, 0.6) is 17.2 Å². The van der Waals surface area contributed by atoms with E-state index < -0.39 is 0 Å². The van der Waals surface area contributed by atoms with Crippen LogP contribution in [0.25, 0.3) is 0 Å². The summed E-state index contributed by atoms with van der Waals surface area (Å²) in [7, 11) is 0. The maximum absolute atomic E-state index is 11.2. The Hall–Kier alpha value is -2.89. The lowest BCUT2D eigenvalue weighted by atomic mass is 10.2. The first-order chi connectivity index (χ1) is 10.8. The Bertz CT molecular complexity index is 745. The van der Waals surface area contributed by atoms with Crippen molar-refractivity contribution in [2.75, 3.05) is 24.0 Å². The van der Waals surface area contributed by atoms with E-state index in [1.807, 2.05) is 36.4 Å². The van der Waals surface area contributed by atoms with Crippen LogP contribution in [0.15, 0.2) is 36.4 Å². The molecule has 4 rings (SSSR count). The molecule has 0 aromatic heterocycles. The molecule has 0 spiro atoms. The molecule has 112 valence electrons. The van der Waals surface area contributed by atoms with Crippen molar-refractivity contribution in [2.45, 2.75) is 6.54 Å². The second-order valence-electron chi connectivity index (χ2n) is 5.09. The molecule has 0 aliphatic carbocycles. The number of hydrogen-bond acceptors (Lipinski definition) is 5. The van der Waals surface area contributed by atoms with Crippen LogP contribution in [0.3, 0.4) is 0 Å². The summed E-state index contributed by atoms with van der Waals surface area (Å²) in [6, 6.07) is 11.5. The van der Waals surface area contributed by atoms with E-state index in [4.69, 9.17) is 14.2 Å². The van der Waals surface area contributed by atoms with Crippen molar-refractivity contribution in [3.05, 3.63) is 42.0 Å². The van der Waals surface area contributed by atoms with E-state index in [-0.39, 0.29) is 19.3 Å². The van der Waals surface area contributed by atoms with Crippen LogP contribution in [-0.2, 0) is 11.3 Å². The minimum Gasteiger partial charge on any atom is -0.482 e. The van der Waals surface area contributed by atoms with Crippen LogP contribution in [0, 0.1) is 0 Å². The molecule has 0 unspecified atom stereocenters. The first-order valence-electron chi connectivity index (χ1n) is 6.97. The minimum absolute atomic E-state index is 0.0542. The van der Waals surface area contributed by atoms with Gasteiger partial charge in [0.15, 0.2) is 18.1 Å². The maximum Gasteiger partial charge on any atom is 0.262 e. The van der Waals surface area contributed by atoms with E-state index in [0.717, 1.165) is 22.7 Å². The number of hydrogen-bond donors (Lipinski definition) is 2. The molecule has 0 saturated heterocycles. The Morgan fingerprint density at radius 2 is 1.91 bits per heavy atom. The number of benzene rings is 2. The highest BCUT2D eigenvalue weighted by atomic mass is 16.7. The average Bonchev–Trinajstić information content (AvgIpc) is 3.00. The molecule has 0 bridgehead atoms. The molecule has 2 aliphatic rings. The number of fused-ring (bicyclic) bond motifs is 2. The zero-order valence-electron chi connectivity index (χ0n) is 11.7. The summed E-state index contributed by atoms with van der Waals surface area (Å²) in [5.74, 6) is 2.10. The van der Waals surface area contributed by atoms with Gasteiger partial charge in [-0.3, -0.25) is 4.79 Å². The monoisotopic (exact) mass is 298 g/mol. The molecule has 2 N–H and O–H groups in total. The van der Waals surface area contributed by atoms with Gasteiger partial charge in [0, 0.05) is 18.3 Å². The Balaban J connectivity index is 1.47. The Morgan fingerprint density at radius 1 is 1.00 bits per heavy atom. The molecular formula is C16H14N2O4. The summed E-state index contributed by atoms with van der Waals surface area (Å²) >= 11 is 0. The van der Waals surface area contributed by atoms with E-state index >= 15 is 0 Å². The zero-order valence-corrected chi connectivity index (χ0v) is 11.7. The van der Waals surface area contributed by atoms with Crippen molar-refractivity contribution in [1.82, 2.24) is 0 Å². The Kier molecular flexibility index (Phi) is 3.00. The molecule has 0 radical (unpaired) electrons. The van der Waals surface area contributed by atoms with Gasteiger partial charge in [-0.1, -0.05) is 6.07 Å². The predicted molar refractivity (Wildman–Crippen MR) is 80.5 cm³/mol. The second-order valence-corrected chi connectivity index (χ2v) is 5.09. The summed E-state index contributed by atoms with van der Waals surface area (Å²) in [5.41, 5.74) is 2.72. The molecule has 6 heteroatoms. The van der Waals surface area contributed by atoms with Crippen LogP contribution in [0.2, 0.25) is 0 Å². The van der Waals surface area contributed by atoms with E-state index in [1.54, 1.807) is 0 Å². The van der Waals surface area contributed by atoms with Gasteiger partial charge in [-0.25, -0.2) is 0 Å². The van der Waals surface area contributed by atoms with Gasteiger partial charge in [0.2, 0.25) is 6.79 Å². The molecule has 1 amide bonds. The normalized spacial score (nSPS) is 14.8. The molecule has 2 aromatic carbocycles. The highest BCUT2D eigenvalue weighted by Crippen LogP contribution is 2.33. The van der Waals surface area contributed by atoms with Crippen LogP contribution in [0.1, 0.15) is 5.56 Å². The van der Waals surface area contributed by atoms with E-state index in [1.165, 1.54) is 0 Å². The highest BCUT2D eigenvalue weighted by Gasteiger charge is 2.16. The number of amides is 1. The lowest BCUT2D eigenvalue weighted by molar-refractivity contribution is -0.118. The van der Waals surface area contributed by atoms with Gasteiger partial charge < -0.3 is 24.8 Å². The SMILES string of the molecule is O=C1COc2cc(NCc3ccc4c(c3)OCO4)ccc2N1. The van der Waals surface area contributed by atoms with Crippen molar-refractivity contribution in [2.24, 2.45) is 0 Å². The van der Waals surface area contributed by atoms with Gasteiger partial charge in [0.25, 0.3) is 5.91 Å². The van der Waals surface area contributed by atoms with Crippen molar-refractivity contribution < 1.29 is 19.0 Å². The molecule has 0 fully saturated rings. The summed E-state index contributed by atoms with van der Waals surface area (Å²) in [6.45, 7) is 0.987. The molecule has 6 nitrogen and oxygen atoms in total. The lowest BCUT2D eigenvalue weighted by Crippen LogP contribution is -2.25. The molecular weight excluding hydrogens is 284 g/mol. The number of carbonyl (C=O) groups is 1. The Labute approximate surface area is 127 Å². The molecule has 0 saturated carbocycles. The standard InChI is InChI=1S/C16H14N2O4/c19-16-8-20-14-6-11(2-3-12(14)18-16)17-7-10-1-4-13-15(5-10)22-9-21-13/h1-6,17H,7-9H2,(H,18,19). The highest BCUT2D eigenvalue weighted by molar-refractivity contribution is 5.95. The number of nitrogens with one attached hydrogen (secondary N) is 2. The number of carbonyl (C=O) groups excluding carboxylic acids is 1. The van der Waals surface area contributed by atoms with Crippen LogP contribution in [-0.4, -0.2) is 19.3 Å². The third-order valence-corrected chi connectivity index (χ3v) is 3.55. The van der Waals surface area contributed by atoms with E-state index in [2.05, 4.69) is 10.6 Å². The van der Waals surface area contributed by atoms with Crippen molar-refractivity contribution >= 4 is 17.3 Å². The van der Waals surface area contributed by atoms with Gasteiger partial charge in [-0.2, -0.15) is 0 Å². The molecule has 0 atom stereocenters. The van der Waals surface area contributed by atoms with Gasteiger partial charge in [-0.05, 0) is 29.8 Å². The summed E-state index contributed by atoms with van der Waals surface area (Å²) in [4.78, 5) is 11.2. The third kappa shape index (κ3) is 2.39. The van der Waals surface area contributed by atoms with Gasteiger partial charge in [0.1, 0.15) is 5.75 Å². The number of ether oxygens (including phenoxy) is 3. The number of rotatable bonds is 3. The quantitative estimate of drug-likeness (QED) is 0.910. The average molecular weight is 298 g/mol.